The molecule has 3 aromatic carbocycles. The Morgan fingerprint density at radius 3 is 2.19 bits per heavy atom. The van der Waals surface area contributed by atoms with E-state index in [1.165, 1.54) is 26.7 Å². The number of hydrogen-bond donors (Lipinski definition) is 0. The van der Waals surface area contributed by atoms with Gasteiger partial charge < -0.3 is 23.7 Å². The van der Waals surface area contributed by atoms with Gasteiger partial charge >= 0.3 is 5.97 Å². The van der Waals surface area contributed by atoms with Crippen molar-refractivity contribution >= 4 is 16.7 Å². The molecule has 0 saturated heterocycles. The summed E-state index contributed by atoms with van der Waals surface area (Å²) in [4.78, 5) is 11.8. The van der Waals surface area contributed by atoms with Crippen LogP contribution >= 0.6 is 0 Å². The number of carbonyl (C=O) groups is 1. The van der Waals surface area contributed by atoms with Crippen LogP contribution in [-0.2, 0) is 11.2 Å². The first-order chi connectivity index (χ1) is 15.6. The van der Waals surface area contributed by atoms with E-state index in [1.807, 2.05) is 36.4 Å². The SMILES string of the molecule is CCCCOc1c(OC)c(OC)c(OC(C)=O)c2ccc(OCCc3ccccc3)cc12. The highest BCUT2D eigenvalue weighted by Crippen LogP contribution is 2.51. The number of methoxy groups -OCH3 is 2. The summed E-state index contributed by atoms with van der Waals surface area (Å²) >= 11 is 0. The van der Waals surface area contributed by atoms with Crippen LogP contribution in [0.4, 0.5) is 0 Å². The number of benzene rings is 3. The van der Waals surface area contributed by atoms with Crippen molar-refractivity contribution in [2.75, 3.05) is 27.4 Å². The summed E-state index contributed by atoms with van der Waals surface area (Å²) in [5.74, 6) is 1.78. The van der Waals surface area contributed by atoms with Crippen LogP contribution in [0.3, 0.4) is 0 Å². The van der Waals surface area contributed by atoms with Gasteiger partial charge in [-0.2, -0.15) is 0 Å². The lowest BCUT2D eigenvalue weighted by molar-refractivity contribution is -0.131. The van der Waals surface area contributed by atoms with E-state index in [4.69, 9.17) is 23.7 Å². The molecule has 0 aliphatic rings. The molecule has 0 N–H and O–H groups in total. The molecule has 0 spiro atoms. The Morgan fingerprint density at radius 2 is 1.53 bits per heavy atom. The second-order valence-electron chi connectivity index (χ2n) is 7.31. The lowest BCUT2D eigenvalue weighted by atomic mass is 10.1. The lowest BCUT2D eigenvalue weighted by Crippen LogP contribution is -2.07. The largest absolute Gasteiger partial charge is 0.493 e. The van der Waals surface area contributed by atoms with E-state index in [1.54, 1.807) is 0 Å². The van der Waals surface area contributed by atoms with E-state index in [9.17, 15) is 4.79 Å². The maximum atomic E-state index is 11.8. The van der Waals surface area contributed by atoms with Crippen LogP contribution in [0.5, 0.6) is 28.7 Å². The Morgan fingerprint density at radius 1 is 0.812 bits per heavy atom. The molecule has 32 heavy (non-hydrogen) atoms. The summed E-state index contributed by atoms with van der Waals surface area (Å²) in [6, 6.07) is 15.8. The standard InChI is InChI=1S/C26H30O6/c1-5-6-15-31-23-22-17-20(30-16-14-19-10-8-7-9-11-19)12-13-21(22)24(32-18(2)27)26(29-4)25(23)28-3/h7-13,17H,5-6,14-16H2,1-4H3. The van der Waals surface area contributed by atoms with E-state index in [0.29, 0.717) is 47.3 Å². The molecular formula is C26H30O6. The second kappa shape index (κ2) is 11.3. The van der Waals surface area contributed by atoms with Gasteiger partial charge in [-0.3, -0.25) is 4.79 Å². The average Bonchev–Trinajstić information content (AvgIpc) is 2.80. The van der Waals surface area contributed by atoms with Gasteiger partial charge in [0.1, 0.15) is 5.75 Å². The van der Waals surface area contributed by atoms with Crippen molar-refractivity contribution in [2.45, 2.75) is 33.1 Å². The molecule has 0 aliphatic carbocycles. The van der Waals surface area contributed by atoms with Crippen LogP contribution in [0.1, 0.15) is 32.3 Å². The number of unbranched alkanes of at least 4 members (excludes halogenated alkanes) is 1. The van der Waals surface area contributed by atoms with Crippen LogP contribution in [0.25, 0.3) is 10.8 Å². The van der Waals surface area contributed by atoms with Crippen molar-refractivity contribution < 1.29 is 28.5 Å². The Labute approximate surface area is 189 Å². The van der Waals surface area contributed by atoms with Crippen molar-refractivity contribution in [2.24, 2.45) is 0 Å². The molecule has 6 heteroatoms. The van der Waals surface area contributed by atoms with Crippen LogP contribution in [0, 0.1) is 0 Å². The van der Waals surface area contributed by atoms with Gasteiger partial charge in [0.25, 0.3) is 0 Å². The van der Waals surface area contributed by atoms with E-state index in [2.05, 4.69) is 19.1 Å². The highest BCUT2D eigenvalue weighted by molar-refractivity contribution is 6.00. The van der Waals surface area contributed by atoms with Gasteiger partial charge in [0, 0.05) is 24.1 Å². The quantitative estimate of drug-likeness (QED) is 0.221. The average molecular weight is 439 g/mol. The summed E-state index contributed by atoms with van der Waals surface area (Å²) in [7, 11) is 3.04. The van der Waals surface area contributed by atoms with E-state index < -0.39 is 5.97 Å². The van der Waals surface area contributed by atoms with Gasteiger partial charge in [0.15, 0.2) is 11.5 Å². The van der Waals surface area contributed by atoms with Crippen molar-refractivity contribution in [1.82, 2.24) is 0 Å². The number of ether oxygens (including phenoxy) is 5. The number of esters is 1. The number of fused-ring (bicyclic) bond motifs is 1. The zero-order valence-corrected chi connectivity index (χ0v) is 19.1. The van der Waals surface area contributed by atoms with Crippen LogP contribution < -0.4 is 23.7 Å². The van der Waals surface area contributed by atoms with E-state index >= 15 is 0 Å². The summed E-state index contributed by atoms with van der Waals surface area (Å²) in [5, 5.41) is 1.41. The van der Waals surface area contributed by atoms with Gasteiger partial charge in [-0.05, 0) is 30.2 Å². The Hall–Kier alpha value is -3.41. The smallest absolute Gasteiger partial charge is 0.308 e. The topological polar surface area (TPSA) is 63.2 Å². The fourth-order valence-electron chi connectivity index (χ4n) is 3.46. The molecule has 0 heterocycles. The number of hydrogen-bond acceptors (Lipinski definition) is 6. The third-order valence-corrected chi connectivity index (χ3v) is 5.00. The van der Waals surface area contributed by atoms with Crippen LogP contribution in [0.2, 0.25) is 0 Å². The third kappa shape index (κ3) is 5.44. The predicted octanol–water partition coefficient (Wildman–Crippen LogP) is 5.58. The molecule has 3 aromatic rings. The molecule has 0 radical (unpaired) electrons. The van der Waals surface area contributed by atoms with E-state index in [0.717, 1.165) is 24.6 Å². The minimum absolute atomic E-state index is 0.297. The summed E-state index contributed by atoms with van der Waals surface area (Å²) in [5.41, 5.74) is 1.21. The maximum absolute atomic E-state index is 11.8. The first-order valence-electron chi connectivity index (χ1n) is 10.8. The van der Waals surface area contributed by atoms with Gasteiger partial charge in [0.05, 0.1) is 27.4 Å². The third-order valence-electron chi connectivity index (χ3n) is 5.00. The first-order valence-corrected chi connectivity index (χ1v) is 10.8. The fraction of sp³-hybridized carbons (Fsp3) is 0.346. The molecule has 0 saturated carbocycles. The summed E-state index contributed by atoms with van der Waals surface area (Å²) in [6.45, 7) is 4.51. The fourth-order valence-corrected chi connectivity index (χ4v) is 3.46. The number of carbonyl (C=O) groups excluding carboxylic acids is 1. The predicted molar refractivity (Wildman–Crippen MR) is 124 cm³/mol. The molecule has 6 nitrogen and oxygen atoms in total. The molecule has 3 rings (SSSR count). The minimum atomic E-state index is -0.450. The maximum Gasteiger partial charge on any atom is 0.308 e. The van der Waals surface area contributed by atoms with Crippen molar-refractivity contribution in [3.63, 3.8) is 0 Å². The zero-order chi connectivity index (χ0) is 22.9. The highest BCUT2D eigenvalue weighted by atomic mass is 16.6. The molecule has 0 fully saturated rings. The van der Waals surface area contributed by atoms with Gasteiger partial charge in [-0.1, -0.05) is 43.7 Å². The van der Waals surface area contributed by atoms with Gasteiger partial charge in [0.2, 0.25) is 11.5 Å². The van der Waals surface area contributed by atoms with E-state index in [-0.39, 0.29) is 0 Å². The Balaban J connectivity index is 2.02. The molecule has 0 aromatic heterocycles. The molecule has 0 atom stereocenters. The van der Waals surface area contributed by atoms with Crippen LogP contribution in [0.15, 0.2) is 48.5 Å². The monoisotopic (exact) mass is 438 g/mol. The molecule has 0 aliphatic heterocycles. The molecule has 0 amide bonds. The van der Waals surface area contributed by atoms with Crippen molar-refractivity contribution in [1.29, 1.82) is 0 Å². The number of rotatable bonds is 11. The van der Waals surface area contributed by atoms with Crippen molar-refractivity contribution in [3.05, 3.63) is 54.1 Å². The Bertz CT molecular complexity index is 1050. The minimum Gasteiger partial charge on any atom is -0.493 e. The molecular weight excluding hydrogens is 408 g/mol. The summed E-state index contributed by atoms with van der Waals surface area (Å²) in [6.07, 6.45) is 2.69. The first kappa shape index (κ1) is 23.3. The van der Waals surface area contributed by atoms with Gasteiger partial charge in [-0.25, -0.2) is 0 Å². The molecule has 0 bridgehead atoms. The molecule has 170 valence electrons. The Kier molecular flexibility index (Phi) is 8.20. The lowest BCUT2D eigenvalue weighted by Gasteiger charge is -2.20. The second-order valence-corrected chi connectivity index (χ2v) is 7.31. The highest BCUT2D eigenvalue weighted by Gasteiger charge is 2.25. The van der Waals surface area contributed by atoms with Crippen molar-refractivity contribution in [3.8, 4) is 28.7 Å². The zero-order valence-electron chi connectivity index (χ0n) is 19.1. The van der Waals surface area contributed by atoms with Gasteiger partial charge in [-0.15, -0.1) is 0 Å². The normalized spacial score (nSPS) is 10.6. The molecule has 0 unspecified atom stereocenters. The summed E-state index contributed by atoms with van der Waals surface area (Å²) < 4.78 is 28.8. The van der Waals surface area contributed by atoms with Crippen LogP contribution in [-0.4, -0.2) is 33.4 Å².